The predicted octanol–water partition coefficient (Wildman–Crippen LogP) is 2.56. The molecule has 0 bridgehead atoms. The Bertz CT molecular complexity index is 776. The van der Waals surface area contributed by atoms with Crippen LogP contribution in [0, 0.1) is 5.92 Å². The van der Waals surface area contributed by atoms with Crippen molar-refractivity contribution in [2.45, 2.75) is 25.8 Å². The summed E-state index contributed by atoms with van der Waals surface area (Å²) in [4.78, 5) is 15.8. The Morgan fingerprint density at radius 1 is 1.17 bits per heavy atom. The molecular formula is C22H31N2O4S+. The topological polar surface area (TPSA) is 61.2 Å². The second-order valence-electron chi connectivity index (χ2n) is 7.53. The highest BCUT2D eigenvalue weighted by Crippen LogP contribution is 2.38. The van der Waals surface area contributed by atoms with Gasteiger partial charge < -0.3 is 24.4 Å². The largest absolute Gasteiger partial charge is 0.493 e. The minimum absolute atomic E-state index is 0.143. The molecule has 0 unspecified atom stereocenters. The maximum atomic E-state index is 12.9. The van der Waals surface area contributed by atoms with Crippen LogP contribution in [-0.4, -0.2) is 46.9 Å². The number of ether oxygens (including phenoxy) is 3. The maximum absolute atomic E-state index is 12.9. The van der Waals surface area contributed by atoms with Gasteiger partial charge in [-0.3, -0.25) is 4.79 Å². The summed E-state index contributed by atoms with van der Waals surface area (Å²) in [7, 11) is 4.65. The van der Waals surface area contributed by atoms with Gasteiger partial charge in [0.25, 0.3) is 5.91 Å². The number of nitrogens with one attached hydrogen (secondary N) is 2. The number of thiophene rings is 1. The van der Waals surface area contributed by atoms with Crippen molar-refractivity contribution < 1.29 is 23.9 Å². The summed E-state index contributed by atoms with van der Waals surface area (Å²) >= 11 is 1.76. The molecule has 1 aromatic carbocycles. The number of hydrogen-bond donors (Lipinski definition) is 2. The highest BCUT2D eigenvalue weighted by Gasteiger charge is 2.29. The summed E-state index contributed by atoms with van der Waals surface area (Å²) < 4.78 is 16.1. The minimum Gasteiger partial charge on any atom is -0.493 e. The van der Waals surface area contributed by atoms with Crippen LogP contribution in [0.3, 0.4) is 0 Å². The molecular weight excluding hydrogens is 388 g/mol. The van der Waals surface area contributed by atoms with E-state index < -0.39 is 0 Å². The molecule has 1 amide bonds. The molecule has 6 nitrogen and oxygen atoms in total. The quantitative estimate of drug-likeness (QED) is 0.690. The molecule has 0 aliphatic carbocycles. The lowest BCUT2D eigenvalue weighted by Gasteiger charge is -2.33. The van der Waals surface area contributed by atoms with Crippen molar-refractivity contribution in [2.75, 3.05) is 41.0 Å². The maximum Gasteiger partial charge on any atom is 0.251 e. The Kier molecular flexibility index (Phi) is 7.39. The lowest BCUT2D eigenvalue weighted by atomic mass is 9.97. The molecule has 29 heavy (non-hydrogen) atoms. The first kappa shape index (κ1) is 21.5. The number of amides is 1. The minimum atomic E-state index is -0.143. The monoisotopic (exact) mass is 419 g/mol. The summed E-state index contributed by atoms with van der Waals surface area (Å²) in [5, 5.41) is 5.24. The van der Waals surface area contributed by atoms with Crippen LogP contribution >= 0.6 is 11.3 Å². The van der Waals surface area contributed by atoms with Gasteiger partial charge in [0.1, 0.15) is 6.04 Å². The van der Waals surface area contributed by atoms with Gasteiger partial charge in [0.2, 0.25) is 5.75 Å². The van der Waals surface area contributed by atoms with E-state index in [2.05, 4.69) is 29.8 Å². The molecule has 0 radical (unpaired) electrons. The van der Waals surface area contributed by atoms with Crippen LogP contribution in [0.4, 0.5) is 0 Å². The molecule has 2 N–H and O–H groups in total. The van der Waals surface area contributed by atoms with Gasteiger partial charge in [0.05, 0.1) is 45.8 Å². The number of hydrogen-bond acceptors (Lipinski definition) is 5. The first-order valence-electron chi connectivity index (χ1n) is 10.0. The number of piperidine rings is 1. The Balaban J connectivity index is 1.75. The average Bonchev–Trinajstić information content (AvgIpc) is 3.28. The van der Waals surface area contributed by atoms with E-state index in [1.54, 1.807) is 49.7 Å². The molecule has 1 aliphatic heterocycles. The number of methoxy groups -OCH3 is 3. The molecule has 1 aromatic heterocycles. The van der Waals surface area contributed by atoms with E-state index in [-0.39, 0.29) is 11.9 Å². The summed E-state index contributed by atoms with van der Waals surface area (Å²) in [5.74, 6) is 2.08. The first-order chi connectivity index (χ1) is 14.1. The lowest BCUT2D eigenvalue weighted by Crippen LogP contribution is -3.14. The second-order valence-corrected chi connectivity index (χ2v) is 8.51. The van der Waals surface area contributed by atoms with E-state index in [4.69, 9.17) is 14.2 Å². The zero-order valence-electron chi connectivity index (χ0n) is 17.6. The normalized spacial score (nSPS) is 20.0. The van der Waals surface area contributed by atoms with Crippen LogP contribution < -0.4 is 24.4 Å². The summed E-state index contributed by atoms with van der Waals surface area (Å²) in [6.45, 7) is 5.20. The van der Waals surface area contributed by atoms with Gasteiger partial charge >= 0.3 is 0 Å². The average molecular weight is 420 g/mol. The van der Waals surface area contributed by atoms with Crippen molar-refractivity contribution in [3.63, 3.8) is 0 Å². The Hall–Kier alpha value is -2.25. The van der Waals surface area contributed by atoms with Gasteiger partial charge in [-0.1, -0.05) is 13.0 Å². The summed E-state index contributed by atoms with van der Waals surface area (Å²) in [6, 6.07) is 7.90. The fourth-order valence-corrected chi connectivity index (χ4v) is 4.81. The first-order valence-corrected chi connectivity index (χ1v) is 10.9. The van der Waals surface area contributed by atoms with Crippen molar-refractivity contribution in [3.05, 3.63) is 40.1 Å². The fourth-order valence-electron chi connectivity index (χ4n) is 3.93. The van der Waals surface area contributed by atoms with Gasteiger partial charge in [-0.2, -0.15) is 0 Å². The van der Waals surface area contributed by atoms with E-state index in [1.165, 1.54) is 17.7 Å². The van der Waals surface area contributed by atoms with Crippen LogP contribution in [0.1, 0.15) is 41.0 Å². The molecule has 3 rings (SSSR count). The third-order valence-electron chi connectivity index (χ3n) is 5.69. The number of carbonyl (C=O) groups is 1. The van der Waals surface area contributed by atoms with E-state index in [1.807, 2.05) is 0 Å². The molecule has 1 aliphatic rings. The molecule has 1 fully saturated rings. The van der Waals surface area contributed by atoms with Crippen LogP contribution in [0.15, 0.2) is 29.6 Å². The van der Waals surface area contributed by atoms with E-state index in [0.717, 1.165) is 19.0 Å². The number of carbonyl (C=O) groups excluding carboxylic acids is 1. The molecule has 158 valence electrons. The number of likely N-dealkylation sites (tertiary alicyclic amines) is 1. The van der Waals surface area contributed by atoms with E-state index in [0.29, 0.717) is 29.4 Å². The molecule has 0 saturated carbocycles. The molecule has 2 heterocycles. The number of quaternary nitrogens is 1. The molecule has 7 heteroatoms. The highest BCUT2D eigenvalue weighted by molar-refractivity contribution is 7.10. The van der Waals surface area contributed by atoms with Crippen LogP contribution in [0.25, 0.3) is 0 Å². The second kappa shape index (κ2) is 9.98. The van der Waals surface area contributed by atoms with E-state index in [9.17, 15) is 4.79 Å². The fraction of sp³-hybridized carbons (Fsp3) is 0.500. The lowest BCUT2D eigenvalue weighted by molar-refractivity contribution is -0.935. The van der Waals surface area contributed by atoms with Gasteiger partial charge in [-0.15, -0.1) is 11.3 Å². The van der Waals surface area contributed by atoms with Gasteiger partial charge in [0, 0.05) is 5.56 Å². The van der Waals surface area contributed by atoms with E-state index >= 15 is 0 Å². The molecule has 1 atom stereocenters. The van der Waals surface area contributed by atoms with Gasteiger partial charge in [0.15, 0.2) is 11.5 Å². The molecule has 2 aromatic rings. The molecule has 1 saturated heterocycles. The van der Waals surface area contributed by atoms with Crippen LogP contribution in [-0.2, 0) is 0 Å². The third-order valence-corrected chi connectivity index (χ3v) is 6.68. The van der Waals surface area contributed by atoms with Crippen molar-refractivity contribution in [1.82, 2.24) is 5.32 Å². The SMILES string of the molecule is COc1cc(C(=O)NC[C@@H](c2cccs2)[NH+]2CCC(C)CC2)cc(OC)c1OC. The third kappa shape index (κ3) is 5.03. The van der Waals surface area contributed by atoms with Gasteiger partial charge in [-0.25, -0.2) is 0 Å². The van der Waals surface area contributed by atoms with Crippen molar-refractivity contribution in [3.8, 4) is 17.2 Å². The zero-order chi connectivity index (χ0) is 20.8. The van der Waals surface area contributed by atoms with Crippen molar-refractivity contribution in [1.29, 1.82) is 0 Å². The number of rotatable bonds is 8. The zero-order valence-corrected chi connectivity index (χ0v) is 18.4. The summed E-state index contributed by atoms with van der Waals surface area (Å²) in [5.41, 5.74) is 0.492. The Labute approximate surface area is 176 Å². The van der Waals surface area contributed by atoms with Crippen LogP contribution in [0.5, 0.6) is 17.2 Å². The van der Waals surface area contributed by atoms with Crippen LogP contribution in [0.2, 0.25) is 0 Å². The smallest absolute Gasteiger partial charge is 0.251 e. The standard InChI is InChI=1S/C22H30N2O4S/c1-15-7-9-24(10-8-15)17(20-6-5-11-29-20)14-23-22(25)16-12-18(26-2)21(28-4)19(13-16)27-3/h5-6,11-13,15,17H,7-10,14H2,1-4H3,(H,23,25)/p+1/t17-/m0/s1. The highest BCUT2D eigenvalue weighted by atomic mass is 32.1. The number of benzene rings is 1. The van der Waals surface area contributed by atoms with Crippen molar-refractivity contribution in [2.24, 2.45) is 5.92 Å². The Morgan fingerprint density at radius 3 is 2.34 bits per heavy atom. The van der Waals surface area contributed by atoms with Crippen molar-refractivity contribution >= 4 is 17.2 Å². The molecule has 0 spiro atoms. The summed E-state index contributed by atoms with van der Waals surface area (Å²) in [6.07, 6.45) is 2.47. The Morgan fingerprint density at radius 2 is 1.83 bits per heavy atom. The van der Waals surface area contributed by atoms with Gasteiger partial charge in [-0.05, 0) is 42.3 Å². The predicted molar refractivity (Wildman–Crippen MR) is 115 cm³/mol.